The van der Waals surface area contributed by atoms with Gasteiger partial charge < -0.3 is 9.84 Å². The van der Waals surface area contributed by atoms with Gasteiger partial charge in [-0.15, -0.1) is 0 Å². The van der Waals surface area contributed by atoms with Crippen LogP contribution in [0.2, 0.25) is 5.02 Å². The molecule has 0 saturated carbocycles. The number of rotatable bonds is 5. The zero-order valence-corrected chi connectivity index (χ0v) is 12.3. The fourth-order valence-electron chi connectivity index (χ4n) is 1.80. The van der Waals surface area contributed by atoms with E-state index < -0.39 is 0 Å². The highest BCUT2D eigenvalue weighted by atomic mass is 35.5. The molecule has 0 aliphatic carbocycles. The molecule has 0 amide bonds. The Balaban J connectivity index is 2.15. The lowest BCUT2D eigenvalue weighted by molar-refractivity contribution is 0.104. The van der Waals surface area contributed by atoms with Gasteiger partial charge in [-0.1, -0.05) is 35.9 Å². The van der Waals surface area contributed by atoms with Crippen molar-refractivity contribution in [1.82, 2.24) is 0 Å². The highest BCUT2D eigenvalue weighted by Crippen LogP contribution is 2.24. The number of phenolic OH excluding ortho intramolecular Hbond substituents is 1. The highest BCUT2D eigenvalue weighted by molar-refractivity contribution is 6.32. The third-order valence-electron chi connectivity index (χ3n) is 2.83. The number of benzene rings is 2. The average Bonchev–Trinajstić information content (AvgIpc) is 2.49. The third-order valence-corrected chi connectivity index (χ3v) is 3.13. The van der Waals surface area contributed by atoms with Gasteiger partial charge in [0.05, 0.1) is 11.6 Å². The Hall–Kier alpha value is -2.26. The van der Waals surface area contributed by atoms with Gasteiger partial charge in [-0.3, -0.25) is 4.79 Å². The molecule has 0 aliphatic rings. The Morgan fingerprint density at radius 1 is 1.29 bits per heavy atom. The van der Waals surface area contributed by atoms with Crippen molar-refractivity contribution in [3.05, 3.63) is 64.7 Å². The molecular weight excluding hydrogens is 288 g/mol. The number of aromatic hydroxyl groups is 1. The number of phenols is 1. The molecule has 108 valence electrons. The van der Waals surface area contributed by atoms with Crippen LogP contribution >= 0.6 is 11.6 Å². The quantitative estimate of drug-likeness (QED) is 0.660. The van der Waals surface area contributed by atoms with E-state index in [1.165, 1.54) is 12.1 Å². The van der Waals surface area contributed by atoms with Gasteiger partial charge in [0.15, 0.2) is 5.78 Å². The number of allylic oxidation sites excluding steroid dienone is 1. The first-order chi connectivity index (χ1) is 10.1. The van der Waals surface area contributed by atoms with Crippen molar-refractivity contribution in [3.8, 4) is 11.5 Å². The predicted octanol–water partition coefficient (Wildman–Crippen LogP) is 4.34. The number of hydrogen-bond acceptors (Lipinski definition) is 3. The molecule has 0 fully saturated rings. The molecule has 0 radical (unpaired) electrons. The Morgan fingerprint density at radius 3 is 2.81 bits per heavy atom. The first kappa shape index (κ1) is 15.1. The van der Waals surface area contributed by atoms with E-state index in [-0.39, 0.29) is 16.6 Å². The van der Waals surface area contributed by atoms with Crippen molar-refractivity contribution >= 4 is 23.5 Å². The Labute approximate surface area is 128 Å². The van der Waals surface area contributed by atoms with Gasteiger partial charge in [0, 0.05) is 5.56 Å². The van der Waals surface area contributed by atoms with Crippen molar-refractivity contribution in [2.75, 3.05) is 6.61 Å². The zero-order chi connectivity index (χ0) is 15.2. The van der Waals surface area contributed by atoms with Crippen LogP contribution in [0.4, 0.5) is 0 Å². The monoisotopic (exact) mass is 302 g/mol. The van der Waals surface area contributed by atoms with Gasteiger partial charge in [-0.05, 0) is 42.8 Å². The van der Waals surface area contributed by atoms with Gasteiger partial charge in [0.2, 0.25) is 0 Å². The van der Waals surface area contributed by atoms with E-state index in [0.717, 1.165) is 5.56 Å². The van der Waals surface area contributed by atoms with Crippen molar-refractivity contribution in [1.29, 1.82) is 0 Å². The molecule has 0 aromatic heterocycles. The van der Waals surface area contributed by atoms with Crippen LogP contribution in [0.5, 0.6) is 11.5 Å². The van der Waals surface area contributed by atoms with Crippen LogP contribution in [0.25, 0.3) is 6.08 Å². The lowest BCUT2D eigenvalue weighted by atomic mass is 10.1. The van der Waals surface area contributed by atoms with Crippen LogP contribution in [0, 0.1) is 0 Å². The van der Waals surface area contributed by atoms with Crippen LogP contribution in [0.15, 0.2) is 48.5 Å². The number of carbonyl (C=O) groups is 1. The third kappa shape index (κ3) is 4.10. The van der Waals surface area contributed by atoms with Gasteiger partial charge in [-0.2, -0.15) is 0 Å². The summed E-state index contributed by atoms with van der Waals surface area (Å²) in [5.74, 6) is 0.565. The molecule has 0 unspecified atom stereocenters. The SMILES string of the molecule is CCOc1cccc(C(=O)C=Cc2ccc(O)c(Cl)c2)c1. The lowest BCUT2D eigenvalue weighted by Crippen LogP contribution is -1.97. The minimum absolute atomic E-state index is 0.0181. The van der Waals surface area contributed by atoms with E-state index in [1.54, 1.807) is 36.4 Å². The maximum absolute atomic E-state index is 12.1. The summed E-state index contributed by atoms with van der Waals surface area (Å²) < 4.78 is 5.37. The Bertz CT molecular complexity index is 677. The topological polar surface area (TPSA) is 46.5 Å². The molecular formula is C17H15ClO3. The van der Waals surface area contributed by atoms with Gasteiger partial charge in [0.25, 0.3) is 0 Å². The summed E-state index contributed by atoms with van der Waals surface area (Å²) in [6.07, 6.45) is 3.12. The summed E-state index contributed by atoms with van der Waals surface area (Å²) in [5.41, 5.74) is 1.30. The molecule has 0 atom stereocenters. The number of hydrogen-bond donors (Lipinski definition) is 1. The van der Waals surface area contributed by atoms with Gasteiger partial charge >= 0.3 is 0 Å². The fourth-order valence-corrected chi connectivity index (χ4v) is 1.99. The van der Waals surface area contributed by atoms with Crippen molar-refractivity contribution in [2.24, 2.45) is 0 Å². The molecule has 21 heavy (non-hydrogen) atoms. The summed E-state index contributed by atoms with van der Waals surface area (Å²) in [6.45, 7) is 2.45. The molecule has 2 rings (SSSR count). The highest BCUT2D eigenvalue weighted by Gasteiger charge is 2.04. The Morgan fingerprint density at radius 2 is 2.10 bits per heavy atom. The molecule has 3 nitrogen and oxygen atoms in total. The van der Waals surface area contributed by atoms with E-state index in [1.807, 2.05) is 13.0 Å². The second-order valence-electron chi connectivity index (χ2n) is 4.37. The summed E-state index contributed by atoms with van der Waals surface area (Å²) in [6, 6.07) is 11.8. The molecule has 4 heteroatoms. The van der Waals surface area contributed by atoms with E-state index in [4.69, 9.17) is 16.3 Å². The summed E-state index contributed by atoms with van der Waals surface area (Å²) in [4.78, 5) is 12.1. The van der Waals surface area contributed by atoms with Crippen LogP contribution in [0.3, 0.4) is 0 Å². The predicted molar refractivity (Wildman–Crippen MR) is 84.1 cm³/mol. The summed E-state index contributed by atoms with van der Waals surface area (Å²) in [7, 11) is 0. The number of carbonyl (C=O) groups excluding carboxylic acids is 1. The Kier molecular flexibility index (Phi) is 5.01. The molecule has 0 bridgehead atoms. The second-order valence-corrected chi connectivity index (χ2v) is 4.78. The van der Waals surface area contributed by atoms with Gasteiger partial charge in [-0.25, -0.2) is 0 Å². The minimum Gasteiger partial charge on any atom is -0.506 e. The van der Waals surface area contributed by atoms with Crippen molar-refractivity contribution < 1.29 is 14.6 Å². The molecule has 0 spiro atoms. The maximum atomic E-state index is 12.1. The molecule has 2 aromatic carbocycles. The first-order valence-electron chi connectivity index (χ1n) is 6.54. The smallest absolute Gasteiger partial charge is 0.185 e. The number of halogens is 1. The normalized spacial score (nSPS) is 10.8. The van der Waals surface area contributed by atoms with E-state index in [2.05, 4.69) is 0 Å². The summed E-state index contributed by atoms with van der Waals surface area (Å²) in [5, 5.41) is 9.60. The minimum atomic E-state index is -0.124. The first-order valence-corrected chi connectivity index (χ1v) is 6.91. The van der Waals surface area contributed by atoms with Crippen molar-refractivity contribution in [2.45, 2.75) is 6.92 Å². The standard InChI is InChI=1S/C17H15ClO3/c1-2-21-14-5-3-4-13(11-14)16(19)8-6-12-7-9-17(20)15(18)10-12/h3-11,20H,2H2,1H3. The number of ketones is 1. The van der Waals surface area contributed by atoms with E-state index in [9.17, 15) is 9.90 Å². The van der Waals surface area contributed by atoms with Gasteiger partial charge in [0.1, 0.15) is 11.5 Å². The largest absolute Gasteiger partial charge is 0.506 e. The van der Waals surface area contributed by atoms with Crippen LogP contribution in [-0.4, -0.2) is 17.5 Å². The maximum Gasteiger partial charge on any atom is 0.185 e. The molecule has 2 aromatic rings. The molecule has 0 heterocycles. The van der Waals surface area contributed by atoms with E-state index in [0.29, 0.717) is 17.9 Å². The fraction of sp³-hybridized carbons (Fsp3) is 0.118. The van der Waals surface area contributed by atoms with Crippen LogP contribution < -0.4 is 4.74 Å². The molecule has 0 saturated heterocycles. The lowest BCUT2D eigenvalue weighted by Gasteiger charge is -2.03. The molecule has 1 N–H and O–H groups in total. The van der Waals surface area contributed by atoms with Crippen LogP contribution in [-0.2, 0) is 0 Å². The van der Waals surface area contributed by atoms with Crippen molar-refractivity contribution in [3.63, 3.8) is 0 Å². The zero-order valence-electron chi connectivity index (χ0n) is 11.5. The van der Waals surface area contributed by atoms with E-state index >= 15 is 0 Å². The molecule has 0 aliphatic heterocycles. The van der Waals surface area contributed by atoms with Crippen LogP contribution in [0.1, 0.15) is 22.8 Å². The second kappa shape index (κ2) is 6.95. The average molecular weight is 303 g/mol. The number of ether oxygens (including phenoxy) is 1. The summed E-state index contributed by atoms with van der Waals surface area (Å²) >= 11 is 5.82.